The number of halogens is 2. The highest BCUT2D eigenvalue weighted by atomic mass is 79.9. The van der Waals surface area contributed by atoms with Gasteiger partial charge in [0.25, 0.3) is 0 Å². The van der Waals surface area contributed by atoms with Crippen LogP contribution >= 0.6 is 27.5 Å². The Bertz CT molecular complexity index is 314. The lowest BCUT2D eigenvalue weighted by atomic mass is 10.2. The molecular weight excluding hydrogens is 241 g/mol. The third-order valence-corrected chi connectivity index (χ3v) is 2.08. The Labute approximate surface area is 84.1 Å². The Balaban J connectivity index is 3.15. The standard InChI is InChI=1S/C8H7BrClNO/c1-5(12)7-2-6(4-10)3-8(9)11-7/h2-3H,4H2,1H3. The van der Waals surface area contributed by atoms with E-state index in [0.717, 1.165) is 5.56 Å². The second kappa shape index (κ2) is 4.01. The molecule has 0 aromatic carbocycles. The first-order chi connectivity index (χ1) is 5.63. The van der Waals surface area contributed by atoms with Crippen molar-refractivity contribution < 1.29 is 4.79 Å². The smallest absolute Gasteiger partial charge is 0.178 e. The van der Waals surface area contributed by atoms with Crippen LogP contribution in [0.2, 0.25) is 0 Å². The lowest BCUT2D eigenvalue weighted by Gasteiger charge is -1.99. The maximum absolute atomic E-state index is 10.9. The molecule has 12 heavy (non-hydrogen) atoms. The van der Waals surface area contributed by atoms with Crippen LogP contribution < -0.4 is 0 Å². The molecule has 0 aliphatic carbocycles. The SMILES string of the molecule is CC(=O)c1cc(CCl)cc(Br)n1. The van der Waals surface area contributed by atoms with Gasteiger partial charge in [-0.3, -0.25) is 4.79 Å². The summed E-state index contributed by atoms with van der Waals surface area (Å²) in [6, 6.07) is 3.49. The van der Waals surface area contributed by atoms with Gasteiger partial charge in [0.05, 0.1) is 0 Å². The van der Waals surface area contributed by atoms with Gasteiger partial charge >= 0.3 is 0 Å². The lowest BCUT2D eigenvalue weighted by Crippen LogP contribution is -1.98. The van der Waals surface area contributed by atoms with Crippen LogP contribution in [0.5, 0.6) is 0 Å². The fourth-order valence-corrected chi connectivity index (χ4v) is 1.45. The molecule has 0 N–H and O–H groups in total. The quantitative estimate of drug-likeness (QED) is 0.458. The van der Waals surface area contributed by atoms with Gasteiger partial charge in [0, 0.05) is 12.8 Å². The molecule has 0 atom stereocenters. The summed E-state index contributed by atoms with van der Waals surface area (Å²) in [5, 5.41) is 0. The number of alkyl halides is 1. The average molecular weight is 249 g/mol. The maximum Gasteiger partial charge on any atom is 0.178 e. The first kappa shape index (κ1) is 9.68. The lowest BCUT2D eigenvalue weighted by molar-refractivity contribution is 0.101. The number of carbonyl (C=O) groups is 1. The van der Waals surface area contributed by atoms with Gasteiger partial charge in [0.1, 0.15) is 10.3 Å². The minimum Gasteiger partial charge on any atom is -0.293 e. The minimum atomic E-state index is -0.0531. The van der Waals surface area contributed by atoms with Crippen LogP contribution in [0.15, 0.2) is 16.7 Å². The summed E-state index contributed by atoms with van der Waals surface area (Å²) < 4.78 is 0.644. The number of pyridine rings is 1. The molecule has 4 heteroatoms. The van der Waals surface area contributed by atoms with Gasteiger partial charge in [-0.1, -0.05) is 0 Å². The maximum atomic E-state index is 10.9. The van der Waals surface area contributed by atoms with E-state index in [4.69, 9.17) is 11.6 Å². The number of Topliss-reactive ketones (excluding diaryl/α,β-unsaturated/α-hetero) is 1. The Morgan fingerprint density at radius 2 is 2.33 bits per heavy atom. The largest absolute Gasteiger partial charge is 0.293 e. The normalized spacial score (nSPS) is 9.92. The number of nitrogens with zero attached hydrogens (tertiary/aromatic N) is 1. The molecule has 2 nitrogen and oxygen atoms in total. The summed E-state index contributed by atoms with van der Waals surface area (Å²) in [6.07, 6.45) is 0. The summed E-state index contributed by atoms with van der Waals surface area (Å²) in [5.74, 6) is 0.337. The molecular formula is C8H7BrClNO. The fourth-order valence-electron chi connectivity index (χ4n) is 0.807. The first-order valence-corrected chi connectivity index (χ1v) is 4.69. The van der Waals surface area contributed by atoms with E-state index in [1.54, 1.807) is 12.1 Å². The van der Waals surface area contributed by atoms with E-state index in [1.165, 1.54) is 6.92 Å². The van der Waals surface area contributed by atoms with Crippen molar-refractivity contribution in [3.8, 4) is 0 Å². The van der Waals surface area contributed by atoms with Gasteiger partial charge in [-0.15, -0.1) is 11.6 Å². The highest BCUT2D eigenvalue weighted by Gasteiger charge is 2.03. The van der Waals surface area contributed by atoms with Crippen LogP contribution in [-0.4, -0.2) is 10.8 Å². The Morgan fingerprint density at radius 1 is 1.67 bits per heavy atom. The average Bonchev–Trinajstić information content (AvgIpc) is 2.03. The van der Waals surface area contributed by atoms with Gasteiger partial charge in [-0.05, 0) is 33.6 Å². The Hall–Kier alpha value is -0.410. The molecule has 1 aromatic rings. The van der Waals surface area contributed by atoms with E-state index < -0.39 is 0 Å². The van der Waals surface area contributed by atoms with Gasteiger partial charge in [0.15, 0.2) is 5.78 Å². The molecule has 0 radical (unpaired) electrons. The highest BCUT2D eigenvalue weighted by Crippen LogP contribution is 2.13. The number of ketones is 1. The number of aromatic nitrogens is 1. The van der Waals surface area contributed by atoms with Gasteiger partial charge in [-0.25, -0.2) is 4.98 Å². The third kappa shape index (κ3) is 2.29. The predicted molar refractivity (Wildman–Crippen MR) is 51.5 cm³/mol. The molecule has 0 bridgehead atoms. The molecule has 1 aromatic heterocycles. The zero-order valence-electron chi connectivity index (χ0n) is 6.47. The second-order valence-corrected chi connectivity index (χ2v) is 3.45. The molecule has 0 saturated carbocycles. The number of hydrogen-bond donors (Lipinski definition) is 0. The zero-order chi connectivity index (χ0) is 9.14. The van der Waals surface area contributed by atoms with E-state index >= 15 is 0 Å². The van der Waals surface area contributed by atoms with Gasteiger partial charge in [0.2, 0.25) is 0 Å². The van der Waals surface area contributed by atoms with Crippen LogP contribution in [-0.2, 0) is 5.88 Å². The van der Waals surface area contributed by atoms with E-state index in [2.05, 4.69) is 20.9 Å². The third-order valence-electron chi connectivity index (χ3n) is 1.37. The summed E-state index contributed by atoms with van der Waals surface area (Å²) >= 11 is 8.82. The van der Waals surface area contributed by atoms with Crippen molar-refractivity contribution in [1.29, 1.82) is 0 Å². The van der Waals surface area contributed by atoms with Gasteiger partial charge in [-0.2, -0.15) is 0 Å². The van der Waals surface area contributed by atoms with Crippen LogP contribution in [0.3, 0.4) is 0 Å². The molecule has 0 saturated heterocycles. The van der Waals surface area contributed by atoms with Crippen molar-refractivity contribution in [1.82, 2.24) is 4.98 Å². The molecule has 1 rings (SSSR count). The number of hydrogen-bond acceptors (Lipinski definition) is 2. The molecule has 0 aliphatic rings. The van der Waals surface area contributed by atoms with Crippen molar-refractivity contribution in [3.63, 3.8) is 0 Å². The fraction of sp³-hybridized carbons (Fsp3) is 0.250. The summed E-state index contributed by atoms with van der Waals surface area (Å²) in [4.78, 5) is 14.9. The molecule has 0 unspecified atom stereocenters. The van der Waals surface area contributed by atoms with Crippen LogP contribution in [0.25, 0.3) is 0 Å². The van der Waals surface area contributed by atoms with E-state index in [-0.39, 0.29) is 5.78 Å². The van der Waals surface area contributed by atoms with Gasteiger partial charge < -0.3 is 0 Å². The van der Waals surface area contributed by atoms with Crippen molar-refractivity contribution in [3.05, 3.63) is 28.0 Å². The Kier molecular flexibility index (Phi) is 3.23. The van der Waals surface area contributed by atoms with E-state index in [9.17, 15) is 4.79 Å². The van der Waals surface area contributed by atoms with E-state index in [0.29, 0.717) is 16.2 Å². The van der Waals surface area contributed by atoms with Crippen LogP contribution in [0.4, 0.5) is 0 Å². The molecule has 64 valence electrons. The van der Waals surface area contributed by atoms with E-state index in [1.807, 2.05) is 0 Å². The van der Waals surface area contributed by atoms with Crippen molar-refractivity contribution in [2.75, 3.05) is 0 Å². The number of carbonyl (C=O) groups excluding carboxylic acids is 1. The zero-order valence-corrected chi connectivity index (χ0v) is 8.82. The predicted octanol–water partition coefficient (Wildman–Crippen LogP) is 2.79. The monoisotopic (exact) mass is 247 g/mol. The Morgan fingerprint density at radius 3 is 2.83 bits per heavy atom. The number of rotatable bonds is 2. The summed E-state index contributed by atoms with van der Waals surface area (Å²) in [7, 11) is 0. The minimum absolute atomic E-state index is 0.0531. The molecule has 0 fully saturated rings. The van der Waals surface area contributed by atoms with Crippen molar-refractivity contribution >= 4 is 33.3 Å². The second-order valence-electron chi connectivity index (χ2n) is 2.37. The topological polar surface area (TPSA) is 30.0 Å². The molecule has 1 heterocycles. The van der Waals surface area contributed by atoms with Crippen molar-refractivity contribution in [2.45, 2.75) is 12.8 Å². The molecule has 0 amide bonds. The van der Waals surface area contributed by atoms with Crippen LogP contribution in [0, 0.1) is 0 Å². The first-order valence-electron chi connectivity index (χ1n) is 3.37. The molecule has 0 spiro atoms. The van der Waals surface area contributed by atoms with Crippen LogP contribution in [0.1, 0.15) is 23.0 Å². The van der Waals surface area contributed by atoms with Crippen molar-refractivity contribution in [2.24, 2.45) is 0 Å². The summed E-state index contributed by atoms with van der Waals surface area (Å²) in [5.41, 5.74) is 1.34. The molecule has 0 aliphatic heterocycles. The summed E-state index contributed by atoms with van der Waals surface area (Å²) in [6.45, 7) is 1.48. The highest BCUT2D eigenvalue weighted by molar-refractivity contribution is 9.10.